The zero-order valence-corrected chi connectivity index (χ0v) is 7.31. The van der Waals surface area contributed by atoms with Crippen molar-refractivity contribution in [1.29, 1.82) is 0 Å². The molecule has 2 aromatic heterocycles. The molecule has 0 aliphatic rings. The van der Waals surface area contributed by atoms with E-state index in [1.165, 1.54) is 0 Å². The molecule has 0 radical (unpaired) electrons. The molecule has 0 aromatic carbocycles. The molecule has 0 atom stereocenters. The van der Waals surface area contributed by atoms with Crippen LogP contribution >= 0.6 is 0 Å². The van der Waals surface area contributed by atoms with E-state index in [2.05, 4.69) is 10.1 Å². The normalized spacial score (nSPS) is 10.2. The number of nitrogens with zero attached hydrogens (tertiary/aromatic N) is 3. The summed E-state index contributed by atoms with van der Waals surface area (Å²) in [6, 6.07) is 3.77. The summed E-state index contributed by atoms with van der Waals surface area (Å²) in [7, 11) is 0. The summed E-state index contributed by atoms with van der Waals surface area (Å²) >= 11 is 0. The van der Waals surface area contributed by atoms with Crippen LogP contribution in [0, 0.1) is 6.92 Å². The van der Waals surface area contributed by atoms with Crippen LogP contribution in [0.5, 0.6) is 0 Å². The summed E-state index contributed by atoms with van der Waals surface area (Å²) in [5.74, 6) is 0. The van der Waals surface area contributed by atoms with Crippen LogP contribution in [0.2, 0.25) is 0 Å². The van der Waals surface area contributed by atoms with Gasteiger partial charge in [-0.15, -0.1) is 0 Å². The second kappa shape index (κ2) is 2.90. The fourth-order valence-corrected chi connectivity index (χ4v) is 1.13. The average Bonchev–Trinajstić information content (AvgIpc) is 2.52. The predicted octanol–water partition coefficient (Wildman–Crippen LogP) is 1.16. The first-order valence-corrected chi connectivity index (χ1v) is 3.99. The molecule has 0 aliphatic heterocycles. The largest absolute Gasteiger partial charge is 0.397 e. The van der Waals surface area contributed by atoms with Crippen LogP contribution in [0.15, 0.2) is 30.7 Å². The lowest BCUT2D eigenvalue weighted by Gasteiger charge is -2.00. The van der Waals surface area contributed by atoms with Crippen LogP contribution < -0.4 is 5.73 Å². The van der Waals surface area contributed by atoms with Crippen molar-refractivity contribution in [3.63, 3.8) is 0 Å². The van der Waals surface area contributed by atoms with Crippen LogP contribution in [0.25, 0.3) is 5.69 Å². The van der Waals surface area contributed by atoms with E-state index >= 15 is 0 Å². The third kappa shape index (κ3) is 1.51. The highest BCUT2D eigenvalue weighted by Crippen LogP contribution is 2.08. The SMILES string of the molecule is Cc1ccn(-c2cncc(N)c2)n1. The van der Waals surface area contributed by atoms with Gasteiger partial charge in [0.05, 0.1) is 23.3 Å². The number of hydrogen-bond donors (Lipinski definition) is 1. The van der Waals surface area contributed by atoms with Crippen LogP contribution in [-0.4, -0.2) is 14.8 Å². The first-order valence-electron chi connectivity index (χ1n) is 3.99. The molecule has 2 aromatic rings. The zero-order chi connectivity index (χ0) is 9.26. The maximum atomic E-state index is 5.60. The smallest absolute Gasteiger partial charge is 0.0849 e. The van der Waals surface area contributed by atoms with E-state index in [1.807, 2.05) is 25.3 Å². The molecule has 2 N–H and O–H groups in total. The van der Waals surface area contributed by atoms with Gasteiger partial charge in [-0.05, 0) is 19.1 Å². The van der Waals surface area contributed by atoms with Gasteiger partial charge in [0.1, 0.15) is 0 Å². The maximum Gasteiger partial charge on any atom is 0.0849 e. The number of nitrogens with two attached hydrogens (primary N) is 1. The van der Waals surface area contributed by atoms with Crippen molar-refractivity contribution in [2.24, 2.45) is 0 Å². The Hall–Kier alpha value is -1.84. The molecule has 66 valence electrons. The molecule has 0 aliphatic carbocycles. The number of pyridine rings is 1. The molecule has 0 unspecified atom stereocenters. The second-order valence-corrected chi connectivity index (χ2v) is 2.88. The Morgan fingerprint density at radius 2 is 2.23 bits per heavy atom. The lowest BCUT2D eigenvalue weighted by atomic mass is 10.4. The van der Waals surface area contributed by atoms with Crippen molar-refractivity contribution in [2.75, 3.05) is 5.73 Å². The molecule has 4 heteroatoms. The standard InChI is InChI=1S/C9H10N4/c1-7-2-3-13(12-7)9-4-8(10)5-11-6-9/h2-6H,10H2,1H3. The highest BCUT2D eigenvalue weighted by molar-refractivity contribution is 5.43. The Bertz CT molecular complexity index is 419. The first-order chi connectivity index (χ1) is 6.25. The number of anilines is 1. The molecular formula is C9H10N4. The van der Waals surface area contributed by atoms with Gasteiger partial charge in [-0.3, -0.25) is 4.98 Å². The van der Waals surface area contributed by atoms with Crippen molar-refractivity contribution in [3.8, 4) is 5.69 Å². The minimum atomic E-state index is 0.644. The molecule has 0 amide bonds. The number of hydrogen-bond acceptors (Lipinski definition) is 3. The summed E-state index contributed by atoms with van der Waals surface area (Å²) in [6.45, 7) is 1.94. The number of nitrogen functional groups attached to an aromatic ring is 1. The van der Waals surface area contributed by atoms with E-state index < -0.39 is 0 Å². The molecule has 2 rings (SSSR count). The van der Waals surface area contributed by atoms with Gasteiger partial charge in [-0.25, -0.2) is 4.68 Å². The van der Waals surface area contributed by atoms with Crippen LogP contribution in [0.3, 0.4) is 0 Å². The van der Waals surface area contributed by atoms with Gasteiger partial charge in [0.25, 0.3) is 0 Å². The Kier molecular flexibility index (Phi) is 1.73. The van der Waals surface area contributed by atoms with Gasteiger partial charge < -0.3 is 5.73 Å². The number of aromatic nitrogens is 3. The molecular weight excluding hydrogens is 164 g/mol. The van der Waals surface area contributed by atoms with E-state index in [4.69, 9.17) is 5.73 Å². The van der Waals surface area contributed by atoms with Crippen molar-refractivity contribution in [2.45, 2.75) is 6.92 Å². The molecule has 0 fully saturated rings. The minimum Gasteiger partial charge on any atom is -0.397 e. The number of rotatable bonds is 1. The quantitative estimate of drug-likeness (QED) is 0.705. The Morgan fingerprint density at radius 1 is 1.38 bits per heavy atom. The van der Waals surface area contributed by atoms with Crippen LogP contribution in [-0.2, 0) is 0 Å². The Balaban J connectivity index is 2.46. The second-order valence-electron chi connectivity index (χ2n) is 2.88. The fourth-order valence-electron chi connectivity index (χ4n) is 1.13. The van der Waals surface area contributed by atoms with Crippen molar-refractivity contribution in [3.05, 3.63) is 36.4 Å². The molecule has 0 spiro atoms. The van der Waals surface area contributed by atoms with Crippen molar-refractivity contribution >= 4 is 5.69 Å². The highest BCUT2D eigenvalue weighted by Gasteiger charge is 1.97. The summed E-state index contributed by atoms with van der Waals surface area (Å²) in [6.07, 6.45) is 5.22. The van der Waals surface area contributed by atoms with E-state index in [0.717, 1.165) is 11.4 Å². The van der Waals surface area contributed by atoms with Gasteiger partial charge in [-0.1, -0.05) is 0 Å². The van der Waals surface area contributed by atoms with Crippen LogP contribution in [0.1, 0.15) is 5.69 Å². The lowest BCUT2D eigenvalue weighted by Crippen LogP contribution is -1.97. The first kappa shape index (κ1) is 7.79. The molecule has 13 heavy (non-hydrogen) atoms. The van der Waals surface area contributed by atoms with E-state index in [1.54, 1.807) is 17.1 Å². The van der Waals surface area contributed by atoms with E-state index in [-0.39, 0.29) is 0 Å². The molecule has 0 saturated carbocycles. The third-order valence-corrected chi connectivity index (χ3v) is 1.73. The van der Waals surface area contributed by atoms with Gasteiger partial charge in [0.15, 0.2) is 0 Å². The van der Waals surface area contributed by atoms with E-state index in [9.17, 15) is 0 Å². The van der Waals surface area contributed by atoms with Gasteiger partial charge in [0.2, 0.25) is 0 Å². The summed E-state index contributed by atoms with van der Waals surface area (Å²) in [5, 5.41) is 4.24. The molecule has 0 saturated heterocycles. The molecule has 2 heterocycles. The highest BCUT2D eigenvalue weighted by atomic mass is 15.3. The zero-order valence-electron chi connectivity index (χ0n) is 7.31. The van der Waals surface area contributed by atoms with Crippen molar-refractivity contribution < 1.29 is 0 Å². The molecule has 4 nitrogen and oxygen atoms in total. The topological polar surface area (TPSA) is 56.7 Å². The van der Waals surface area contributed by atoms with Gasteiger partial charge in [0, 0.05) is 12.4 Å². The lowest BCUT2D eigenvalue weighted by molar-refractivity contribution is 0.857. The Labute approximate surface area is 76.0 Å². The average molecular weight is 174 g/mol. The summed E-state index contributed by atoms with van der Waals surface area (Å²) in [4.78, 5) is 3.98. The van der Waals surface area contributed by atoms with Crippen molar-refractivity contribution in [1.82, 2.24) is 14.8 Å². The predicted molar refractivity (Wildman–Crippen MR) is 50.5 cm³/mol. The third-order valence-electron chi connectivity index (χ3n) is 1.73. The van der Waals surface area contributed by atoms with Gasteiger partial charge in [-0.2, -0.15) is 5.10 Å². The summed E-state index contributed by atoms with van der Waals surface area (Å²) in [5.41, 5.74) is 8.10. The molecule has 0 bridgehead atoms. The number of aryl methyl sites for hydroxylation is 1. The fraction of sp³-hybridized carbons (Fsp3) is 0.111. The summed E-state index contributed by atoms with van der Waals surface area (Å²) < 4.78 is 1.75. The van der Waals surface area contributed by atoms with E-state index in [0.29, 0.717) is 5.69 Å². The maximum absolute atomic E-state index is 5.60. The van der Waals surface area contributed by atoms with Crippen LogP contribution in [0.4, 0.5) is 5.69 Å². The monoisotopic (exact) mass is 174 g/mol. The van der Waals surface area contributed by atoms with Gasteiger partial charge >= 0.3 is 0 Å². The Morgan fingerprint density at radius 3 is 2.85 bits per heavy atom. The minimum absolute atomic E-state index is 0.644.